The van der Waals surface area contributed by atoms with E-state index in [0.29, 0.717) is 5.82 Å². The summed E-state index contributed by atoms with van der Waals surface area (Å²) in [6, 6.07) is 79.2. The highest BCUT2D eigenvalue weighted by Gasteiger charge is 2.52. The molecule has 59 heavy (non-hydrogen) atoms. The zero-order valence-corrected chi connectivity index (χ0v) is 32.2. The first kappa shape index (κ1) is 33.5. The minimum Gasteiger partial charge on any atom is -0.228 e. The molecule has 0 radical (unpaired) electrons. The smallest absolute Gasteiger partial charge is 0.160 e. The van der Waals surface area contributed by atoms with Gasteiger partial charge in [0, 0.05) is 16.7 Å². The molecule has 0 bridgehead atoms. The Labute approximate surface area is 343 Å². The SMILES string of the molecule is c1ccc(-c2cccc(-c3cc(-c4cccc(-c5cc6ccccc6c6c5-c5ccccc5C65c6ccccc6-c6ccccc65)c4)nc(-c4ccccc4)n3)c2)cc1. The molecule has 0 aliphatic heterocycles. The number of nitrogens with zero attached hydrogens (tertiary/aromatic N) is 2. The molecule has 2 nitrogen and oxygen atoms in total. The Morgan fingerprint density at radius 3 is 1.44 bits per heavy atom. The van der Waals surface area contributed by atoms with E-state index in [0.717, 1.165) is 39.2 Å². The van der Waals surface area contributed by atoms with Crippen molar-refractivity contribution in [1.29, 1.82) is 0 Å². The minimum atomic E-state index is -0.452. The van der Waals surface area contributed by atoms with Crippen LogP contribution in [0.4, 0.5) is 0 Å². The van der Waals surface area contributed by atoms with Crippen LogP contribution in [0.25, 0.3) is 89.2 Å². The van der Waals surface area contributed by atoms with Crippen LogP contribution in [0.5, 0.6) is 0 Å². The highest BCUT2D eigenvalue weighted by Crippen LogP contribution is 2.65. The number of aromatic nitrogens is 2. The van der Waals surface area contributed by atoms with Crippen LogP contribution in [0.3, 0.4) is 0 Å². The quantitative estimate of drug-likeness (QED) is 0.175. The molecule has 274 valence electrons. The Kier molecular flexibility index (Phi) is 7.48. The van der Waals surface area contributed by atoms with Crippen LogP contribution in [0.15, 0.2) is 218 Å². The standard InChI is InChI=1S/C57H36N2/c1-3-17-37(18-4-1)39-22-15-24-42(33-39)52-36-53(59-56(58-52)38-19-5-2-6-20-38)43-25-16-23-40(34-43)48-35-41-21-7-8-26-44(41)55-54(48)47-29-11-14-32-51(47)57(55)49-30-12-9-27-45(49)46-28-10-13-31-50(46)57/h1-36H. The van der Waals surface area contributed by atoms with E-state index in [9.17, 15) is 0 Å². The van der Waals surface area contributed by atoms with Crippen LogP contribution >= 0.6 is 0 Å². The van der Waals surface area contributed by atoms with Crippen molar-refractivity contribution in [2.45, 2.75) is 5.41 Å². The van der Waals surface area contributed by atoms with Crippen LogP contribution in [-0.2, 0) is 5.41 Å². The van der Waals surface area contributed by atoms with Gasteiger partial charge in [0.2, 0.25) is 0 Å². The molecule has 0 saturated carbocycles. The molecule has 2 aliphatic rings. The van der Waals surface area contributed by atoms with E-state index in [2.05, 4.69) is 200 Å². The molecular weight excluding hydrogens is 713 g/mol. The fraction of sp³-hybridized carbons (Fsp3) is 0.0175. The Hall–Kier alpha value is -7.68. The van der Waals surface area contributed by atoms with Crippen molar-refractivity contribution in [2.75, 3.05) is 0 Å². The van der Waals surface area contributed by atoms with Crippen molar-refractivity contribution in [3.05, 3.63) is 241 Å². The van der Waals surface area contributed by atoms with Gasteiger partial charge >= 0.3 is 0 Å². The molecule has 0 N–H and O–H groups in total. The summed E-state index contributed by atoms with van der Waals surface area (Å²) in [5.41, 5.74) is 19.7. The van der Waals surface area contributed by atoms with E-state index in [1.54, 1.807) is 0 Å². The molecule has 1 heterocycles. The van der Waals surface area contributed by atoms with Crippen molar-refractivity contribution in [1.82, 2.24) is 9.97 Å². The highest BCUT2D eigenvalue weighted by molar-refractivity contribution is 6.09. The number of fused-ring (bicyclic) bond motifs is 12. The van der Waals surface area contributed by atoms with Crippen LogP contribution in [0, 0.1) is 0 Å². The van der Waals surface area contributed by atoms with Crippen molar-refractivity contribution >= 4 is 10.8 Å². The van der Waals surface area contributed by atoms with Crippen molar-refractivity contribution < 1.29 is 0 Å². The van der Waals surface area contributed by atoms with Crippen LogP contribution in [-0.4, -0.2) is 9.97 Å². The monoisotopic (exact) mass is 748 g/mol. The van der Waals surface area contributed by atoms with E-state index in [1.165, 1.54) is 66.4 Å². The Bertz CT molecular complexity index is 3230. The molecule has 10 aromatic rings. The van der Waals surface area contributed by atoms with Gasteiger partial charge in [-0.15, -0.1) is 0 Å². The van der Waals surface area contributed by atoms with Crippen molar-refractivity contribution in [2.24, 2.45) is 0 Å². The topological polar surface area (TPSA) is 25.8 Å². The molecular formula is C57H36N2. The summed E-state index contributed by atoms with van der Waals surface area (Å²) < 4.78 is 0. The normalized spacial score (nSPS) is 12.9. The summed E-state index contributed by atoms with van der Waals surface area (Å²) in [5.74, 6) is 0.703. The minimum absolute atomic E-state index is 0.452. The van der Waals surface area contributed by atoms with E-state index in [4.69, 9.17) is 9.97 Å². The maximum atomic E-state index is 5.27. The number of hydrogen-bond acceptors (Lipinski definition) is 2. The molecule has 0 unspecified atom stereocenters. The zero-order chi connectivity index (χ0) is 38.9. The fourth-order valence-corrected chi connectivity index (χ4v) is 10.00. The summed E-state index contributed by atoms with van der Waals surface area (Å²) in [4.78, 5) is 10.5. The lowest BCUT2D eigenvalue weighted by Gasteiger charge is -2.31. The molecule has 2 heteroatoms. The Balaban J connectivity index is 1.09. The number of benzene rings is 9. The Morgan fingerprint density at radius 1 is 0.305 bits per heavy atom. The average Bonchev–Trinajstić information content (AvgIpc) is 3.80. The summed E-state index contributed by atoms with van der Waals surface area (Å²) in [6.45, 7) is 0. The fourth-order valence-electron chi connectivity index (χ4n) is 10.00. The van der Waals surface area contributed by atoms with Gasteiger partial charge in [0.1, 0.15) is 0 Å². The third-order valence-corrected chi connectivity index (χ3v) is 12.5. The Morgan fingerprint density at radius 2 is 0.780 bits per heavy atom. The third kappa shape index (κ3) is 5.06. The second kappa shape index (κ2) is 13.2. The van der Waals surface area contributed by atoms with Gasteiger partial charge in [-0.25, -0.2) is 9.97 Å². The lowest BCUT2D eigenvalue weighted by Crippen LogP contribution is -2.26. The van der Waals surface area contributed by atoms with E-state index < -0.39 is 5.41 Å². The molecule has 12 rings (SSSR count). The van der Waals surface area contributed by atoms with Gasteiger partial charge in [-0.2, -0.15) is 0 Å². The van der Waals surface area contributed by atoms with Crippen molar-refractivity contribution in [3.63, 3.8) is 0 Å². The predicted molar refractivity (Wildman–Crippen MR) is 243 cm³/mol. The van der Waals surface area contributed by atoms with Crippen LogP contribution in [0.1, 0.15) is 22.3 Å². The van der Waals surface area contributed by atoms with Gasteiger partial charge < -0.3 is 0 Å². The average molecular weight is 749 g/mol. The molecule has 1 aromatic heterocycles. The first-order valence-electron chi connectivity index (χ1n) is 20.3. The first-order valence-corrected chi connectivity index (χ1v) is 20.3. The lowest BCUT2D eigenvalue weighted by molar-refractivity contribution is 0.801. The van der Waals surface area contributed by atoms with Gasteiger partial charge in [-0.1, -0.05) is 194 Å². The number of rotatable bonds is 5. The maximum Gasteiger partial charge on any atom is 0.160 e. The zero-order valence-electron chi connectivity index (χ0n) is 32.2. The van der Waals surface area contributed by atoms with E-state index in [1.807, 2.05) is 18.2 Å². The van der Waals surface area contributed by atoms with E-state index >= 15 is 0 Å². The van der Waals surface area contributed by atoms with Gasteiger partial charge in [0.15, 0.2) is 5.82 Å². The lowest BCUT2D eigenvalue weighted by atomic mass is 9.69. The predicted octanol–water partition coefficient (Wildman–Crippen LogP) is 14.3. The van der Waals surface area contributed by atoms with E-state index in [-0.39, 0.29) is 0 Å². The summed E-state index contributed by atoms with van der Waals surface area (Å²) >= 11 is 0. The van der Waals surface area contributed by atoms with Gasteiger partial charge in [0.25, 0.3) is 0 Å². The van der Waals surface area contributed by atoms with Gasteiger partial charge in [0.05, 0.1) is 16.8 Å². The largest absolute Gasteiger partial charge is 0.228 e. The first-order chi connectivity index (χ1) is 29.3. The second-order valence-corrected chi connectivity index (χ2v) is 15.6. The highest BCUT2D eigenvalue weighted by atomic mass is 14.9. The van der Waals surface area contributed by atoms with Crippen molar-refractivity contribution in [3.8, 4) is 78.4 Å². The number of hydrogen-bond donors (Lipinski definition) is 0. The summed E-state index contributed by atoms with van der Waals surface area (Å²) in [7, 11) is 0. The molecule has 0 fully saturated rings. The summed E-state index contributed by atoms with van der Waals surface area (Å²) in [6.07, 6.45) is 0. The molecule has 9 aromatic carbocycles. The second-order valence-electron chi connectivity index (χ2n) is 15.6. The molecule has 0 atom stereocenters. The molecule has 0 saturated heterocycles. The maximum absolute atomic E-state index is 5.27. The molecule has 1 spiro atoms. The molecule has 2 aliphatic carbocycles. The summed E-state index contributed by atoms with van der Waals surface area (Å²) in [5, 5.41) is 2.52. The van der Waals surface area contributed by atoms with Crippen LogP contribution in [0.2, 0.25) is 0 Å². The third-order valence-electron chi connectivity index (χ3n) is 12.5. The molecule has 0 amide bonds. The van der Waals surface area contributed by atoms with Gasteiger partial charge in [-0.05, 0) is 102 Å². The van der Waals surface area contributed by atoms with Crippen LogP contribution < -0.4 is 0 Å². The van der Waals surface area contributed by atoms with Gasteiger partial charge in [-0.3, -0.25) is 0 Å².